The topological polar surface area (TPSA) is 41.3 Å². The number of aromatic nitrogens is 2. The average molecular weight is 235 g/mol. The van der Waals surface area contributed by atoms with Crippen LogP contribution in [0.25, 0.3) is 0 Å². The van der Waals surface area contributed by atoms with E-state index in [1.807, 2.05) is 12.5 Å². The van der Waals surface area contributed by atoms with E-state index in [9.17, 15) is 5.11 Å². The lowest BCUT2D eigenvalue weighted by Gasteiger charge is -2.49. The monoisotopic (exact) mass is 235 g/mol. The first-order valence-corrected chi connectivity index (χ1v) is 6.54. The van der Waals surface area contributed by atoms with Gasteiger partial charge in [-0.1, -0.05) is 13.8 Å². The van der Waals surface area contributed by atoms with Gasteiger partial charge in [-0.15, -0.1) is 0 Å². The Balaban J connectivity index is 1.60. The van der Waals surface area contributed by atoms with Gasteiger partial charge in [0.2, 0.25) is 0 Å². The Morgan fingerprint density at radius 3 is 2.76 bits per heavy atom. The first-order chi connectivity index (χ1) is 8.08. The Hall–Kier alpha value is -0.870. The maximum atomic E-state index is 10.2. The highest BCUT2D eigenvalue weighted by atomic mass is 16.3. The molecule has 1 aliphatic carbocycles. The number of hydrogen-bond donors (Lipinski definition) is 1. The highest BCUT2D eigenvalue weighted by Crippen LogP contribution is 2.36. The molecule has 0 amide bonds. The van der Waals surface area contributed by atoms with E-state index in [0.29, 0.717) is 12.0 Å². The second-order valence-electron chi connectivity index (χ2n) is 5.93. The molecule has 1 aliphatic heterocycles. The molecule has 0 spiro atoms. The SMILES string of the molecule is CC(C)C1(O)CN(Cc2cncn2C2CC2)C1. The van der Waals surface area contributed by atoms with Crippen LogP contribution >= 0.6 is 0 Å². The zero-order chi connectivity index (χ0) is 12.0. The fourth-order valence-corrected chi connectivity index (χ4v) is 2.57. The molecule has 0 atom stereocenters. The van der Waals surface area contributed by atoms with Gasteiger partial charge in [0.1, 0.15) is 0 Å². The van der Waals surface area contributed by atoms with Crippen molar-refractivity contribution in [2.45, 2.75) is 44.9 Å². The number of β-amino-alcohol motifs (C(OH)–C–C–N with tert-alkyl or cyclic N) is 1. The Labute approximate surface area is 102 Å². The van der Waals surface area contributed by atoms with E-state index < -0.39 is 5.60 Å². The number of aliphatic hydroxyl groups is 1. The summed E-state index contributed by atoms with van der Waals surface area (Å²) < 4.78 is 2.30. The molecule has 4 nitrogen and oxygen atoms in total. The standard InChI is InChI=1S/C13H21N3O/c1-10(2)13(17)7-15(8-13)6-12-5-14-9-16(12)11-3-4-11/h5,9-11,17H,3-4,6-8H2,1-2H3. The summed E-state index contributed by atoms with van der Waals surface area (Å²) in [6.45, 7) is 6.68. The van der Waals surface area contributed by atoms with Crippen LogP contribution in [-0.4, -0.2) is 38.2 Å². The van der Waals surface area contributed by atoms with Crippen molar-refractivity contribution in [3.63, 3.8) is 0 Å². The summed E-state index contributed by atoms with van der Waals surface area (Å²) >= 11 is 0. The smallest absolute Gasteiger partial charge is 0.0951 e. The number of rotatable bonds is 4. The molecule has 1 aromatic heterocycles. The summed E-state index contributed by atoms with van der Waals surface area (Å²) in [6.07, 6.45) is 6.49. The summed E-state index contributed by atoms with van der Waals surface area (Å²) in [5, 5.41) is 10.2. The molecule has 0 unspecified atom stereocenters. The fraction of sp³-hybridized carbons (Fsp3) is 0.769. The first kappa shape index (κ1) is 11.2. The highest BCUT2D eigenvalue weighted by Gasteiger charge is 2.43. The van der Waals surface area contributed by atoms with Crippen molar-refractivity contribution >= 4 is 0 Å². The van der Waals surface area contributed by atoms with E-state index in [-0.39, 0.29) is 0 Å². The van der Waals surface area contributed by atoms with Gasteiger partial charge >= 0.3 is 0 Å². The van der Waals surface area contributed by atoms with Gasteiger partial charge in [0, 0.05) is 31.9 Å². The van der Waals surface area contributed by atoms with Crippen LogP contribution in [0, 0.1) is 5.92 Å². The van der Waals surface area contributed by atoms with Crippen LogP contribution in [0.15, 0.2) is 12.5 Å². The third kappa shape index (κ3) is 2.00. The van der Waals surface area contributed by atoms with E-state index in [1.165, 1.54) is 18.5 Å². The molecule has 2 heterocycles. The zero-order valence-electron chi connectivity index (χ0n) is 10.6. The summed E-state index contributed by atoms with van der Waals surface area (Å²) in [6, 6.07) is 0.692. The lowest BCUT2D eigenvalue weighted by Crippen LogP contribution is -2.63. The molecule has 17 heavy (non-hydrogen) atoms. The minimum absolute atomic E-state index is 0.340. The molecular formula is C13H21N3O. The molecule has 1 aromatic rings. The van der Waals surface area contributed by atoms with Crippen LogP contribution in [-0.2, 0) is 6.54 Å². The van der Waals surface area contributed by atoms with E-state index in [0.717, 1.165) is 19.6 Å². The van der Waals surface area contributed by atoms with Gasteiger partial charge in [-0.05, 0) is 18.8 Å². The van der Waals surface area contributed by atoms with E-state index in [1.54, 1.807) is 0 Å². The zero-order valence-corrected chi connectivity index (χ0v) is 10.6. The number of nitrogens with zero attached hydrogens (tertiary/aromatic N) is 3. The lowest BCUT2D eigenvalue weighted by molar-refractivity contribution is -0.131. The van der Waals surface area contributed by atoms with Crippen LogP contribution in [0.4, 0.5) is 0 Å². The Morgan fingerprint density at radius 2 is 2.18 bits per heavy atom. The predicted molar refractivity (Wildman–Crippen MR) is 65.6 cm³/mol. The van der Waals surface area contributed by atoms with E-state index >= 15 is 0 Å². The van der Waals surface area contributed by atoms with Crippen molar-refractivity contribution in [2.75, 3.05) is 13.1 Å². The molecule has 4 heteroatoms. The molecule has 1 N–H and O–H groups in total. The largest absolute Gasteiger partial charge is 0.387 e. The number of imidazole rings is 1. The number of hydrogen-bond acceptors (Lipinski definition) is 3. The van der Waals surface area contributed by atoms with Crippen LogP contribution in [0.1, 0.15) is 38.4 Å². The van der Waals surface area contributed by atoms with Crippen molar-refractivity contribution in [2.24, 2.45) is 5.92 Å². The summed E-state index contributed by atoms with van der Waals surface area (Å²) in [7, 11) is 0. The first-order valence-electron chi connectivity index (χ1n) is 6.54. The van der Waals surface area contributed by atoms with Crippen LogP contribution in [0.5, 0.6) is 0 Å². The molecule has 2 aliphatic rings. The average Bonchev–Trinajstić information content (AvgIpc) is 2.97. The third-order valence-electron chi connectivity index (χ3n) is 4.14. The van der Waals surface area contributed by atoms with Crippen LogP contribution in [0.2, 0.25) is 0 Å². The molecule has 0 radical (unpaired) electrons. The number of likely N-dealkylation sites (tertiary alicyclic amines) is 1. The van der Waals surface area contributed by atoms with Gasteiger partial charge in [-0.3, -0.25) is 4.90 Å². The van der Waals surface area contributed by atoms with Crippen molar-refractivity contribution in [3.8, 4) is 0 Å². The van der Waals surface area contributed by atoms with Gasteiger partial charge in [0.15, 0.2) is 0 Å². The maximum Gasteiger partial charge on any atom is 0.0951 e. The maximum absolute atomic E-state index is 10.2. The third-order valence-corrected chi connectivity index (χ3v) is 4.14. The van der Waals surface area contributed by atoms with E-state index in [4.69, 9.17) is 0 Å². The summed E-state index contributed by atoms with van der Waals surface area (Å²) in [5.41, 5.74) is 0.822. The van der Waals surface area contributed by atoms with Gasteiger partial charge < -0.3 is 9.67 Å². The van der Waals surface area contributed by atoms with Gasteiger partial charge in [0.25, 0.3) is 0 Å². The van der Waals surface area contributed by atoms with Crippen molar-refractivity contribution in [1.29, 1.82) is 0 Å². The van der Waals surface area contributed by atoms with Gasteiger partial charge in [0.05, 0.1) is 17.6 Å². The lowest BCUT2D eigenvalue weighted by atomic mass is 9.83. The highest BCUT2D eigenvalue weighted by molar-refractivity contribution is 5.07. The second-order valence-corrected chi connectivity index (χ2v) is 5.93. The van der Waals surface area contributed by atoms with Crippen molar-refractivity contribution < 1.29 is 5.11 Å². The molecule has 94 valence electrons. The second kappa shape index (κ2) is 3.82. The minimum atomic E-state index is -0.468. The fourth-order valence-electron chi connectivity index (χ4n) is 2.57. The normalized spacial score (nSPS) is 24.0. The minimum Gasteiger partial charge on any atom is -0.387 e. The molecule has 0 aromatic carbocycles. The summed E-state index contributed by atoms with van der Waals surface area (Å²) in [5.74, 6) is 0.340. The van der Waals surface area contributed by atoms with Gasteiger partial charge in [-0.25, -0.2) is 4.98 Å². The quantitative estimate of drug-likeness (QED) is 0.858. The molecule has 0 bridgehead atoms. The Morgan fingerprint density at radius 1 is 1.47 bits per heavy atom. The van der Waals surface area contributed by atoms with Crippen molar-refractivity contribution in [1.82, 2.24) is 14.5 Å². The molecule has 2 fully saturated rings. The Kier molecular flexibility index (Phi) is 2.52. The van der Waals surface area contributed by atoms with Crippen LogP contribution < -0.4 is 0 Å². The molecule has 3 rings (SSSR count). The summed E-state index contributed by atoms with van der Waals surface area (Å²) in [4.78, 5) is 6.54. The Bertz CT molecular complexity index is 403. The predicted octanol–water partition coefficient (Wildman–Crippen LogP) is 1.42. The molecule has 1 saturated carbocycles. The van der Waals surface area contributed by atoms with E-state index in [2.05, 4.69) is 28.3 Å². The van der Waals surface area contributed by atoms with Crippen LogP contribution in [0.3, 0.4) is 0 Å². The van der Waals surface area contributed by atoms with Crippen molar-refractivity contribution in [3.05, 3.63) is 18.2 Å². The molecule has 1 saturated heterocycles. The molecular weight excluding hydrogens is 214 g/mol. The van der Waals surface area contributed by atoms with Gasteiger partial charge in [-0.2, -0.15) is 0 Å².